The zero-order chi connectivity index (χ0) is 22.8. The highest BCUT2D eigenvalue weighted by molar-refractivity contribution is 5.94. The number of hydrogen-bond donors (Lipinski definition) is 1. The van der Waals surface area contributed by atoms with Gasteiger partial charge >= 0.3 is 0 Å². The van der Waals surface area contributed by atoms with E-state index in [1.165, 1.54) is 25.1 Å². The first kappa shape index (κ1) is 22.2. The number of anilines is 1. The number of carbonyl (C=O) groups excluding carboxylic acids is 2. The van der Waals surface area contributed by atoms with Crippen LogP contribution < -0.4 is 10.1 Å². The second-order valence-corrected chi connectivity index (χ2v) is 9.21. The standard InChI is InChI=1S/C24H31N5O3/c1-28(2)24(18-7-5-4-6-8-18)11-9-23(10-12-24)13-22(31)29(17-23)16-20(30)27-19-14-26-21(32-3)15-25-19/h4-8,14-15H,9-13,16-17H2,1-3H3,(H,25,27,30). The van der Waals surface area contributed by atoms with Crippen LogP contribution in [0, 0.1) is 5.41 Å². The van der Waals surface area contributed by atoms with E-state index in [0.717, 1.165) is 25.7 Å². The molecule has 170 valence electrons. The van der Waals surface area contributed by atoms with Crippen LogP contribution in [0.25, 0.3) is 0 Å². The number of ether oxygens (including phenoxy) is 1. The Morgan fingerprint density at radius 2 is 1.84 bits per heavy atom. The molecule has 2 aromatic rings. The smallest absolute Gasteiger partial charge is 0.245 e. The summed E-state index contributed by atoms with van der Waals surface area (Å²) in [7, 11) is 5.79. The number of aromatic nitrogens is 2. The van der Waals surface area contributed by atoms with Crippen LogP contribution in [0.4, 0.5) is 5.82 Å². The van der Waals surface area contributed by atoms with Crippen LogP contribution in [0.1, 0.15) is 37.7 Å². The number of nitrogens with zero attached hydrogens (tertiary/aromatic N) is 4. The molecule has 8 heteroatoms. The van der Waals surface area contributed by atoms with Crippen LogP contribution in [-0.2, 0) is 15.1 Å². The van der Waals surface area contributed by atoms with Gasteiger partial charge in [-0.1, -0.05) is 30.3 Å². The van der Waals surface area contributed by atoms with Crippen LogP contribution in [0.2, 0.25) is 0 Å². The number of hydrogen-bond acceptors (Lipinski definition) is 6. The first-order valence-corrected chi connectivity index (χ1v) is 11.0. The van der Waals surface area contributed by atoms with Crippen molar-refractivity contribution in [2.45, 2.75) is 37.6 Å². The summed E-state index contributed by atoms with van der Waals surface area (Å²) in [6, 6.07) is 10.6. The van der Waals surface area contributed by atoms with Gasteiger partial charge in [-0.05, 0) is 50.8 Å². The summed E-state index contributed by atoms with van der Waals surface area (Å²) in [5.41, 5.74) is 1.28. The van der Waals surface area contributed by atoms with Crippen molar-refractivity contribution >= 4 is 17.6 Å². The van der Waals surface area contributed by atoms with Crippen molar-refractivity contribution in [1.82, 2.24) is 19.8 Å². The molecule has 2 heterocycles. The number of likely N-dealkylation sites (tertiary alicyclic amines) is 1. The van der Waals surface area contributed by atoms with Crippen LogP contribution in [0.15, 0.2) is 42.7 Å². The Balaban J connectivity index is 1.38. The van der Waals surface area contributed by atoms with Crippen molar-refractivity contribution < 1.29 is 14.3 Å². The molecule has 4 rings (SSSR count). The minimum Gasteiger partial charge on any atom is -0.480 e. The zero-order valence-electron chi connectivity index (χ0n) is 19.0. The van der Waals surface area contributed by atoms with Crippen LogP contribution in [-0.4, -0.2) is 65.9 Å². The summed E-state index contributed by atoms with van der Waals surface area (Å²) < 4.78 is 4.97. The van der Waals surface area contributed by atoms with Crippen molar-refractivity contribution in [3.63, 3.8) is 0 Å². The molecular weight excluding hydrogens is 406 g/mol. The first-order valence-electron chi connectivity index (χ1n) is 11.0. The molecule has 1 saturated heterocycles. The topological polar surface area (TPSA) is 87.7 Å². The van der Waals surface area contributed by atoms with Gasteiger partial charge in [0, 0.05) is 18.5 Å². The van der Waals surface area contributed by atoms with Crippen molar-refractivity contribution in [2.75, 3.05) is 39.6 Å². The summed E-state index contributed by atoms with van der Waals surface area (Å²) in [5.74, 6) is 0.505. The van der Waals surface area contributed by atoms with Crippen molar-refractivity contribution in [2.24, 2.45) is 5.41 Å². The first-order chi connectivity index (χ1) is 15.4. The molecule has 1 aliphatic heterocycles. The number of carbonyl (C=O) groups is 2. The molecule has 1 saturated carbocycles. The molecule has 0 unspecified atom stereocenters. The minimum atomic E-state index is -0.266. The van der Waals surface area contributed by atoms with E-state index < -0.39 is 0 Å². The van der Waals surface area contributed by atoms with E-state index in [1.807, 2.05) is 6.07 Å². The van der Waals surface area contributed by atoms with E-state index in [0.29, 0.717) is 24.7 Å². The number of rotatable bonds is 6. The fourth-order valence-electron chi connectivity index (χ4n) is 5.24. The Labute approximate surface area is 189 Å². The second kappa shape index (κ2) is 8.86. The second-order valence-electron chi connectivity index (χ2n) is 9.21. The Bertz CT molecular complexity index is 953. The quantitative estimate of drug-likeness (QED) is 0.748. The summed E-state index contributed by atoms with van der Waals surface area (Å²) in [6.45, 7) is 0.664. The van der Waals surface area contributed by atoms with Gasteiger partial charge in [-0.2, -0.15) is 0 Å². The highest BCUT2D eigenvalue weighted by atomic mass is 16.5. The third kappa shape index (κ3) is 4.32. The minimum absolute atomic E-state index is 0.00656. The van der Waals surface area contributed by atoms with Crippen LogP contribution >= 0.6 is 0 Å². The predicted octanol–water partition coefficient (Wildman–Crippen LogP) is 2.67. The maximum Gasteiger partial charge on any atom is 0.245 e. The molecule has 0 radical (unpaired) electrons. The maximum atomic E-state index is 12.8. The molecule has 1 N–H and O–H groups in total. The zero-order valence-corrected chi connectivity index (χ0v) is 19.0. The predicted molar refractivity (Wildman–Crippen MR) is 121 cm³/mol. The fraction of sp³-hybridized carbons (Fsp3) is 0.500. The summed E-state index contributed by atoms with van der Waals surface area (Å²) in [5, 5.41) is 2.71. The van der Waals surface area contributed by atoms with Crippen LogP contribution in [0.3, 0.4) is 0 Å². The highest BCUT2D eigenvalue weighted by Crippen LogP contribution is 2.52. The van der Waals surface area contributed by atoms with E-state index >= 15 is 0 Å². The number of methoxy groups -OCH3 is 1. The average molecular weight is 438 g/mol. The molecule has 32 heavy (non-hydrogen) atoms. The third-order valence-electron chi connectivity index (χ3n) is 7.15. The van der Waals surface area contributed by atoms with E-state index in [9.17, 15) is 9.59 Å². The van der Waals surface area contributed by atoms with Gasteiger partial charge in [-0.15, -0.1) is 0 Å². The van der Waals surface area contributed by atoms with Gasteiger partial charge in [-0.25, -0.2) is 9.97 Å². The van der Waals surface area contributed by atoms with Crippen LogP contribution in [0.5, 0.6) is 5.88 Å². The molecule has 1 aromatic carbocycles. The lowest BCUT2D eigenvalue weighted by atomic mass is 9.64. The molecule has 8 nitrogen and oxygen atoms in total. The molecule has 1 aromatic heterocycles. The molecule has 2 aliphatic rings. The van der Waals surface area contributed by atoms with Gasteiger partial charge in [0.25, 0.3) is 0 Å². The van der Waals surface area contributed by atoms with E-state index in [4.69, 9.17) is 4.74 Å². The molecular formula is C24H31N5O3. The molecule has 0 atom stereocenters. The van der Waals surface area contributed by atoms with Gasteiger partial charge in [0.2, 0.25) is 17.7 Å². The lowest BCUT2D eigenvalue weighted by Crippen LogP contribution is -2.47. The normalized spacial score (nSPS) is 25.4. The number of nitrogens with one attached hydrogen (secondary N) is 1. The molecule has 2 fully saturated rings. The van der Waals surface area contributed by atoms with Gasteiger partial charge in [0.1, 0.15) is 0 Å². The Morgan fingerprint density at radius 1 is 1.12 bits per heavy atom. The summed E-state index contributed by atoms with van der Waals surface area (Å²) in [6.07, 6.45) is 7.33. The van der Waals surface area contributed by atoms with Crippen molar-refractivity contribution in [3.05, 3.63) is 48.3 Å². The number of amides is 2. The van der Waals surface area contributed by atoms with E-state index in [1.54, 1.807) is 4.90 Å². The van der Waals surface area contributed by atoms with Gasteiger partial charge < -0.3 is 15.0 Å². The van der Waals surface area contributed by atoms with Gasteiger partial charge in [-0.3, -0.25) is 14.5 Å². The monoisotopic (exact) mass is 437 g/mol. The van der Waals surface area contributed by atoms with Gasteiger partial charge in [0.05, 0.1) is 26.0 Å². The Kier molecular flexibility index (Phi) is 6.15. The van der Waals surface area contributed by atoms with Gasteiger partial charge in [0.15, 0.2) is 5.82 Å². The summed E-state index contributed by atoms with van der Waals surface area (Å²) in [4.78, 5) is 37.4. The molecule has 1 aliphatic carbocycles. The van der Waals surface area contributed by atoms with E-state index in [-0.39, 0.29) is 29.3 Å². The Morgan fingerprint density at radius 3 is 2.44 bits per heavy atom. The average Bonchev–Trinajstić information content (AvgIpc) is 3.09. The third-order valence-corrected chi connectivity index (χ3v) is 7.15. The maximum absolute atomic E-state index is 12.8. The van der Waals surface area contributed by atoms with Crippen molar-refractivity contribution in [1.29, 1.82) is 0 Å². The van der Waals surface area contributed by atoms with Crippen molar-refractivity contribution in [3.8, 4) is 5.88 Å². The molecule has 1 spiro atoms. The lowest BCUT2D eigenvalue weighted by molar-refractivity contribution is -0.131. The fourth-order valence-corrected chi connectivity index (χ4v) is 5.24. The largest absolute Gasteiger partial charge is 0.480 e. The SMILES string of the molecule is COc1cnc(NC(=O)CN2CC3(CCC(c4ccccc4)(N(C)C)CC3)CC2=O)cn1. The molecule has 2 amide bonds. The summed E-state index contributed by atoms with van der Waals surface area (Å²) >= 11 is 0. The highest BCUT2D eigenvalue weighted by Gasteiger charge is 2.50. The molecule has 0 bridgehead atoms. The lowest BCUT2D eigenvalue weighted by Gasteiger charge is -2.48. The Hall–Kier alpha value is -3.00. The van der Waals surface area contributed by atoms with E-state index in [2.05, 4.69) is 58.5 Å². The number of benzene rings is 1.